The molecule has 31 nitrogen and oxygen atoms in total. The number of imidazole rings is 1. The maximum atomic E-state index is 16.4. The summed E-state index contributed by atoms with van der Waals surface area (Å²) in [6.45, 7) is 2.05. The highest BCUT2D eigenvalue weighted by atomic mass is 16.3. The number of nitrogens with zero attached hydrogens (tertiary/aromatic N) is 5. The summed E-state index contributed by atoms with van der Waals surface area (Å²) < 4.78 is -0.740. The Morgan fingerprint density at radius 3 is 1.95 bits per heavy atom. The number of phenols is 1. The largest absolute Gasteiger partial charge is 0.508 e. The number of primary amides is 1. The van der Waals surface area contributed by atoms with Gasteiger partial charge in [0.05, 0.1) is 12.9 Å². The number of H-pyrrole nitrogens is 3. The number of guanidine groups is 1. The van der Waals surface area contributed by atoms with E-state index in [9.17, 15) is 43.8 Å². The number of hydrazine groups is 2. The van der Waals surface area contributed by atoms with E-state index in [0.29, 0.717) is 68.2 Å². The quantitative estimate of drug-likeness (QED) is 0.00526. The highest BCUT2D eigenvalue weighted by molar-refractivity contribution is 5.97. The second-order valence-corrected chi connectivity index (χ2v) is 24.1. The number of hydrogen-bond acceptors (Lipinski definition) is 18. The van der Waals surface area contributed by atoms with Crippen molar-refractivity contribution in [1.82, 2.24) is 67.5 Å². The van der Waals surface area contributed by atoms with E-state index in [1.165, 1.54) is 36.8 Å². The Kier molecular flexibility index (Phi) is 24.6. The van der Waals surface area contributed by atoms with Crippen LogP contribution >= 0.6 is 0 Å². The lowest BCUT2D eigenvalue weighted by Gasteiger charge is -2.39. The van der Waals surface area contributed by atoms with Crippen LogP contribution in [0.3, 0.4) is 0 Å². The number of phenolic OH excluding ortho intramolecular Hbond substituents is 1. The van der Waals surface area contributed by atoms with E-state index >= 15 is 19.2 Å². The topological polar surface area (TPSA) is 470 Å². The number of likely N-dealkylation sites (tertiary alicyclic amines) is 1. The molecule has 8 rings (SSSR count). The number of hydrogen-bond donors (Lipinski definition) is 15. The van der Waals surface area contributed by atoms with E-state index in [2.05, 4.69) is 62.5 Å². The molecule has 0 saturated carbocycles. The van der Waals surface area contributed by atoms with Crippen molar-refractivity contribution in [2.75, 3.05) is 26.2 Å². The van der Waals surface area contributed by atoms with Gasteiger partial charge < -0.3 is 73.2 Å². The van der Waals surface area contributed by atoms with Gasteiger partial charge >= 0.3 is 5.91 Å². The van der Waals surface area contributed by atoms with E-state index in [-0.39, 0.29) is 101 Å². The predicted molar refractivity (Wildman–Crippen MR) is 345 cm³/mol. The van der Waals surface area contributed by atoms with Crippen LogP contribution in [-0.2, 0) is 78.4 Å². The lowest BCUT2D eigenvalue weighted by molar-refractivity contribution is -0.900. The van der Waals surface area contributed by atoms with Gasteiger partial charge in [-0.2, -0.15) is 4.59 Å². The van der Waals surface area contributed by atoms with Gasteiger partial charge in [0.25, 0.3) is 11.8 Å². The van der Waals surface area contributed by atoms with Crippen molar-refractivity contribution in [3.63, 3.8) is 0 Å². The molecule has 2 saturated heterocycles. The fourth-order valence-corrected chi connectivity index (χ4v) is 12.1. The van der Waals surface area contributed by atoms with Gasteiger partial charge in [-0.1, -0.05) is 62.4 Å². The van der Waals surface area contributed by atoms with Crippen molar-refractivity contribution in [3.8, 4) is 5.75 Å². The van der Waals surface area contributed by atoms with E-state index in [0.717, 1.165) is 5.01 Å². The molecule has 5 heterocycles. The average Bonchev–Trinajstić information content (AvgIpc) is 1.74. The van der Waals surface area contributed by atoms with Gasteiger partial charge in [0.1, 0.15) is 79.7 Å². The Bertz CT molecular complexity index is 3720. The molecule has 8 amide bonds. The number of nitrogens with one attached hydrogen (secondary N) is 10. The first kappa shape index (κ1) is 70.7. The molecule has 2 aliphatic heterocycles. The van der Waals surface area contributed by atoms with Crippen molar-refractivity contribution < 1.29 is 67.5 Å². The molecule has 0 radical (unpaired) electrons. The minimum atomic E-state index is -1.82. The van der Waals surface area contributed by atoms with E-state index < -0.39 is 120 Å². The van der Waals surface area contributed by atoms with E-state index in [1.807, 2.05) is 0 Å². The maximum absolute atomic E-state index is 16.4. The zero-order valence-corrected chi connectivity index (χ0v) is 52.7. The molecule has 31 heteroatoms. The zero-order valence-electron chi connectivity index (χ0n) is 52.7. The number of aldehydes is 3. The van der Waals surface area contributed by atoms with Crippen LogP contribution < -0.4 is 54.7 Å². The predicted octanol–water partition coefficient (Wildman–Crippen LogP) is -1.59. The van der Waals surface area contributed by atoms with E-state index in [1.54, 1.807) is 74.8 Å². The summed E-state index contributed by atoms with van der Waals surface area (Å²) in [6.07, 6.45) is 7.01. The number of aromatic nitrogens is 4. The molecule has 2 fully saturated rings. The highest BCUT2D eigenvalue weighted by Gasteiger charge is 2.52. The lowest BCUT2D eigenvalue weighted by Crippen LogP contribution is -2.71. The van der Waals surface area contributed by atoms with Gasteiger partial charge in [0, 0.05) is 91.2 Å². The van der Waals surface area contributed by atoms with Crippen molar-refractivity contribution in [1.29, 1.82) is 0 Å². The Hall–Kier alpha value is -10.2. The summed E-state index contributed by atoms with van der Waals surface area (Å²) in [7, 11) is 0. The molecule has 0 aliphatic carbocycles. The Balaban J connectivity index is 1.22. The third kappa shape index (κ3) is 18.1. The van der Waals surface area contributed by atoms with Crippen molar-refractivity contribution in [2.45, 2.75) is 139 Å². The summed E-state index contributed by atoms with van der Waals surface area (Å²) in [4.78, 5) is 173. The molecular weight excluding hydrogens is 1230 g/mol. The standard InChI is InChI=1S/C64H82N18O13/c1-37(2)23-53(60(92)75-51(14-7-21-69-64(66)67)63(95)82(73-31-56(65)88)22-8-9-44(82)35-86)78-80(42(32-83)25-39-28-70-48-12-5-3-10-46(39)48)62(94)55(24-38-15-17-45(87)18-16-38)79-81(43(33-84)34-85)61(93)54(26-40-29-71-49-13-6-4-11-47(40)49)77-59(91)52(27-41-30-68-36-72-41)76-58(90)50-19-20-57(89)74-50/h3-6,10-13,15-18,28-30,32-33,35-37,42-44,50-55,70-71,73,78-79,85H,7-9,14,19-27,31,34H2,1-2H3,(H11-,65,66,67,68,69,72,74,75,76,77,87,88,89,90,91,92)/p+1/t42-,43+,44-,50?,51-,52-,53-,54-,55-,82?/m0/s1. The maximum Gasteiger partial charge on any atom is 0.355 e. The number of aliphatic hydroxyl groups excluding tert-OH is 1. The number of aromatic amines is 3. The monoisotopic (exact) mass is 1310 g/mol. The summed E-state index contributed by atoms with van der Waals surface area (Å²) in [5.74, 6) is -7.23. The number of amides is 8. The molecule has 6 aromatic rings. The van der Waals surface area contributed by atoms with Crippen LogP contribution in [0.5, 0.6) is 5.75 Å². The summed E-state index contributed by atoms with van der Waals surface area (Å²) >= 11 is 0. The van der Waals surface area contributed by atoms with Gasteiger partial charge in [-0.3, -0.25) is 53.4 Å². The second-order valence-electron chi connectivity index (χ2n) is 24.1. The first-order valence-corrected chi connectivity index (χ1v) is 31.4. The van der Waals surface area contributed by atoms with Gasteiger partial charge in [0.2, 0.25) is 29.5 Å². The second kappa shape index (κ2) is 33.1. The number of fused-ring (bicyclic) bond motifs is 2. The molecule has 3 aromatic heterocycles. The first-order chi connectivity index (χ1) is 45.6. The third-order valence-corrected chi connectivity index (χ3v) is 16.9. The Morgan fingerprint density at radius 2 is 1.36 bits per heavy atom. The molecule has 2 aliphatic rings. The first-order valence-electron chi connectivity index (χ1n) is 31.4. The number of nitrogens with two attached hydrogens (primary N) is 3. The lowest BCUT2D eigenvalue weighted by atomic mass is 10.0. The van der Waals surface area contributed by atoms with Crippen LogP contribution in [0, 0.1) is 5.92 Å². The number of aromatic hydroxyl groups is 1. The third-order valence-electron chi connectivity index (χ3n) is 16.9. The van der Waals surface area contributed by atoms with Crippen molar-refractivity contribution in [2.24, 2.45) is 28.1 Å². The normalized spacial score (nSPS) is 18.3. The molecule has 95 heavy (non-hydrogen) atoms. The SMILES string of the molecule is CC(C)C[C@H](NN(C(=O)[C@H](Cc1ccc(O)cc1)NN(C(=O)[C@H](Cc1c[nH]c2ccccc12)NC(=O)[C@H](Cc1cnc[nH]1)NC(=O)C1CCC(=O)N1)[C@H](C=O)CO)[C@H](C=O)Cc1c[nH]c2ccccc12)C(=O)N[C@@H](CCCN=C(N)N)C(=O)[N+]1(NCC(N)=O)CCC[C@H]1C=O. The van der Waals surface area contributed by atoms with Crippen molar-refractivity contribution >= 4 is 93.9 Å². The molecular formula is C64H83N18O13+. The molecule has 506 valence electrons. The number of carbonyl (C=O) groups excluding carboxylic acids is 11. The fraction of sp³-hybridized carbons (Fsp3) is 0.422. The average molecular weight is 1310 g/mol. The number of rotatable bonds is 36. The zero-order chi connectivity index (χ0) is 68.3. The molecule has 0 spiro atoms. The van der Waals surface area contributed by atoms with Gasteiger partial charge in [-0.05, 0) is 79.0 Å². The number of benzene rings is 3. The number of para-hydroxylation sites is 2. The van der Waals surface area contributed by atoms with Crippen LogP contribution in [0.15, 0.2) is 103 Å². The van der Waals surface area contributed by atoms with Gasteiger partial charge in [-0.25, -0.2) is 20.6 Å². The van der Waals surface area contributed by atoms with E-state index in [4.69, 9.17) is 17.2 Å². The molecule has 3 aromatic carbocycles. The minimum absolute atomic E-state index is 0.0119. The van der Waals surface area contributed by atoms with Crippen LogP contribution in [0.25, 0.3) is 21.8 Å². The molecule has 0 bridgehead atoms. The fourth-order valence-electron chi connectivity index (χ4n) is 12.1. The van der Waals surface area contributed by atoms with Crippen LogP contribution in [0.4, 0.5) is 0 Å². The Morgan fingerprint density at radius 1 is 0.737 bits per heavy atom. The summed E-state index contributed by atoms with van der Waals surface area (Å²) in [5, 5.41) is 35.4. The molecule has 10 atom stereocenters. The number of aliphatic hydroxyl groups is 1. The number of carbonyl (C=O) groups is 11. The van der Waals surface area contributed by atoms with Crippen LogP contribution in [0.2, 0.25) is 0 Å². The number of quaternary nitrogens is 1. The summed E-state index contributed by atoms with van der Waals surface area (Å²) in [6, 6.07) is 6.76. The van der Waals surface area contributed by atoms with Gasteiger partial charge in [-0.15, -0.1) is 5.43 Å². The smallest absolute Gasteiger partial charge is 0.355 e. The van der Waals surface area contributed by atoms with Gasteiger partial charge in [0.15, 0.2) is 18.3 Å². The number of aliphatic imine (C=N–C) groups is 1. The molecule has 18 N–H and O–H groups in total. The minimum Gasteiger partial charge on any atom is -0.508 e. The molecule has 2 unspecified atom stereocenters. The van der Waals surface area contributed by atoms with Crippen LogP contribution in [-0.4, -0.2) is 197 Å². The summed E-state index contributed by atoms with van der Waals surface area (Å²) in [5.41, 5.74) is 28.8. The Labute approximate surface area is 546 Å². The van der Waals surface area contributed by atoms with Crippen LogP contribution in [0.1, 0.15) is 81.2 Å². The highest BCUT2D eigenvalue weighted by Crippen LogP contribution is 2.28. The van der Waals surface area contributed by atoms with Crippen molar-refractivity contribution in [3.05, 3.63) is 120 Å².